The minimum absolute atomic E-state index is 0.232. The van der Waals surface area contributed by atoms with Crippen LogP contribution in [0.1, 0.15) is 22.8 Å². The molecule has 134 valence electrons. The van der Waals surface area contributed by atoms with E-state index in [-0.39, 0.29) is 13.2 Å². The third-order valence-electron chi connectivity index (χ3n) is 4.10. The van der Waals surface area contributed by atoms with Crippen molar-refractivity contribution < 1.29 is 14.3 Å². The Hall–Kier alpha value is -2.79. The highest BCUT2D eigenvalue weighted by Crippen LogP contribution is 2.22. The SMILES string of the molecule is CCc1cccc2c(C(=O)C(=O)NCCOc3ccc(Cl)cc3)c[nH]c12. The maximum atomic E-state index is 12.4. The summed E-state index contributed by atoms with van der Waals surface area (Å²) in [4.78, 5) is 27.7. The van der Waals surface area contributed by atoms with E-state index < -0.39 is 11.7 Å². The number of ketones is 1. The largest absolute Gasteiger partial charge is 0.492 e. The van der Waals surface area contributed by atoms with Crippen molar-refractivity contribution in [3.8, 4) is 5.75 Å². The van der Waals surface area contributed by atoms with Crippen LogP contribution in [0.2, 0.25) is 5.02 Å². The Labute approximate surface area is 156 Å². The van der Waals surface area contributed by atoms with Gasteiger partial charge in [-0.05, 0) is 36.2 Å². The molecule has 6 heteroatoms. The van der Waals surface area contributed by atoms with Crippen molar-refractivity contribution in [3.05, 3.63) is 64.8 Å². The number of benzene rings is 2. The monoisotopic (exact) mass is 370 g/mol. The second-order valence-electron chi connectivity index (χ2n) is 5.78. The minimum atomic E-state index is -0.646. The van der Waals surface area contributed by atoms with E-state index >= 15 is 0 Å². The molecule has 0 aliphatic carbocycles. The number of aromatic nitrogens is 1. The molecule has 1 heterocycles. The average Bonchev–Trinajstić information content (AvgIpc) is 3.10. The van der Waals surface area contributed by atoms with Crippen LogP contribution in [0.5, 0.6) is 5.75 Å². The smallest absolute Gasteiger partial charge is 0.292 e. The molecule has 0 radical (unpaired) electrons. The summed E-state index contributed by atoms with van der Waals surface area (Å²) >= 11 is 5.81. The van der Waals surface area contributed by atoms with Gasteiger partial charge in [0.15, 0.2) is 0 Å². The molecule has 5 nitrogen and oxygen atoms in total. The van der Waals surface area contributed by atoms with Gasteiger partial charge in [-0.3, -0.25) is 9.59 Å². The summed E-state index contributed by atoms with van der Waals surface area (Å²) in [5.41, 5.74) is 2.39. The Kier molecular flexibility index (Phi) is 5.58. The van der Waals surface area contributed by atoms with Gasteiger partial charge in [-0.15, -0.1) is 0 Å². The summed E-state index contributed by atoms with van der Waals surface area (Å²) in [5.74, 6) is -0.554. The normalized spacial score (nSPS) is 10.7. The molecule has 0 saturated heterocycles. The standard InChI is InChI=1S/C20H19ClN2O3/c1-2-13-4-3-5-16-17(12-23-18(13)16)19(24)20(25)22-10-11-26-15-8-6-14(21)7-9-15/h3-9,12,23H,2,10-11H2,1H3,(H,22,25). The van der Waals surface area contributed by atoms with Crippen LogP contribution in [0.4, 0.5) is 0 Å². The zero-order valence-corrected chi connectivity index (χ0v) is 15.1. The maximum absolute atomic E-state index is 12.4. The van der Waals surface area contributed by atoms with Crippen molar-refractivity contribution in [1.29, 1.82) is 0 Å². The third-order valence-corrected chi connectivity index (χ3v) is 4.36. The lowest BCUT2D eigenvalue weighted by molar-refractivity contribution is -0.117. The van der Waals surface area contributed by atoms with Gasteiger partial charge < -0.3 is 15.0 Å². The van der Waals surface area contributed by atoms with Gasteiger partial charge in [-0.25, -0.2) is 0 Å². The minimum Gasteiger partial charge on any atom is -0.492 e. The van der Waals surface area contributed by atoms with E-state index in [2.05, 4.69) is 10.3 Å². The molecule has 0 aliphatic heterocycles. The van der Waals surface area contributed by atoms with Crippen LogP contribution in [0.25, 0.3) is 10.9 Å². The number of ether oxygens (including phenoxy) is 1. The molecule has 3 rings (SSSR count). The Morgan fingerprint density at radius 2 is 1.92 bits per heavy atom. The highest BCUT2D eigenvalue weighted by atomic mass is 35.5. The first-order valence-corrected chi connectivity index (χ1v) is 8.77. The van der Waals surface area contributed by atoms with Crippen LogP contribution in [0.3, 0.4) is 0 Å². The van der Waals surface area contributed by atoms with E-state index in [9.17, 15) is 9.59 Å². The molecule has 0 fully saturated rings. The lowest BCUT2D eigenvalue weighted by Gasteiger charge is -2.07. The second-order valence-corrected chi connectivity index (χ2v) is 6.22. The molecule has 3 aromatic rings. The molecule has 1 aromatic heterocycles. The number of H-pyrrole nitrogens is 1. The number of nitrogens with one attached hydrogen (secondary N) is 2. The van der Waals surface area contributed by atoms with Crippen LogP contribution in [0.15, 0.2) is 48.7 Å². The van der Waals surface area contributed by atoms with E-state index in [0.717, 1.165) is 22.9 Å². The fraction of sp³-hybridized carbons (Fsp3) is 0.200. The van der Waals surface area contributed by atoms with Gasteiger partial charge in [0.1, 0.15) is 12.4 Å². The predicted molar refractivity (Wildman–Crippen MR) is 102 cm³/mol. The number of aryl methyl sites for hydroxylation is 1. The molecule has 26 heavy (non-hydrogen) atoms. The number of para-hydroxylation sites is 1. The fourth-order valence-corrected chi connectivity index (χ4v) is 2.89. The van der Waals surface area contributed by atoms with Crippen molar-refractivity contribution in [2.24, 2.45) is 0 Å². The van der Waals surface area contributed by atoms with Crippen molar-refractivity contribution >= 4 is 34.2 Å². The quantitative estimate of drug-likeness (QED) is 0.378. The van der Waals surface area contributed by atoms with Crippen LogP contribution in [-0.2, 0) is 11.2 Å². The molecule has 0 unspecified atom stereocenters. The lowest BCUT2D eigenvalue weighted by atomic mass is 10.0. The van der Waals surface area contributed by atoms with Gasteiger partial charge in [-0.2, -0.15) is 0 Å². The van der Waals surface area contributed by atoms with E-state index in [1.54, 1.807) is 30.5 Å². The van der Waals surface area contributed by atoms with E-state index in [1.165, 1.54) is 0 Å². The molecule has 2 aromatic carbocycles. The molecule has 0 spiro atoms. The number of aromatic amines is 1. The number of halogens is 1. The summed E-state index contributed by atoms with van der Waals surface area (Å²) in [6, 6.07) is 12.7. The zero-order valence-electron chi connectivity index (χ0n) is 14.3. The zero-order chi connectivity index (χ0) is 18.5. The molecule has 1 amide bonds. The molecular weight excluding hydrogens is 352 g/mol. The van der Waals surface area contributed by atoms with Crippen molar-refractivity contribution in [1.82, 2.24) is 10.3 Å². The van der Waals surface area contributed by atoms with Crippen LogP contribution in [-0.4, -0.2) is 29.8 Å². The molecule has 0 bridgehead atoms. The van der Waals surface area contributed by atoms with Crippen molar-refractivity contribution in [2.45, 2.75) is 13.3 Å². The van der Waals surface area contributed by atoms with Gasteiger partial charge >= 0.3 is 0 Å². The van der Waals surface area contributed by atoms with Gasteiger partial charge in [0.25, 0.3) is 11.7 Å². The van der Waals surface area contributed by atoms with Crippen molar-refractivity contribution in [3.63, 3.8) is 0 Å². The number of carbonyl (C=O) groups excluding carboxylic acids is 2. The number of rotatable bonds is 7. The Morgan fingerprint density at radius 3 is 2.65 bits per heavy atom. The molecule has 2 N–H and O–H groups in total. The van der Waals surface area contributed by atoms with Gasteiger partial charge in [-0.1, -0.05) is 36.7 Å². The Morgan fingerprint density at radius 1 is 1.15 bits per heavy atom. The predicted octanol–water partition coefficient (Wildman–Crippen LogP) is 3.76. The van der Waals surface area contributed by atoms with Crippen LogP contribution < -0.4 is 10.1 Å². The first kappa shape index (κ1) is 18.0. The van der Waals surface area contributed by atoms with Gasteiger partial charge in [0, 0.05) is 22.1 Å². The Bertz CT molecular complexity index is 932. The summed E-state index contributed by atoms with van der Waals surface area (Å²) in [7, 11) is 0. The Balaban J connectivity index is 1.58. The fourth-order valence-electron chi connectivity index (χ4n) is 2.77. The number of carbonyl (C=O) groups is 2. The van der Waals surface area contributed by atoms with Crippen molar-refractivity contribution in [2.75, 3.05) is 13.2 Å². The average molecular weight is 371 g/mol. The van der Waals surface area contributed by atoms with Gasteiger partial charge in [0.2, 0.25) is 0 Å². The molecule has 0 saturated carbocycles. The first-order chi connectivity index (χ1) is 12.6. The number of amides is 1. The molecular formula is C20H19ClN2O3. The summed E-state index contributed by atoms with van der Waals surface area (Å²) in [6.07, 6.45) is 2.44. The summed E-state index contributed by atoms with van der Waals surface area (Å²) in [6.45, 7) is 2.54. The lowest BCUT2D eigenvalue weighted by Crippen LogP contribution is -2.34. The van der Waals surface area contributed by atoms with Crippen LogP contribution in [0, 0.1) is 0 Å². The van der Waals surface area contributed by atoms with E-state index in [4.69, 9.17) is 16.3 Å². The third kappa shape index (κ3) is 3.89. The summed E-state index contributed by atoms with van der Waals surface area (Å²) < 4.78 is 5.49. The molecule has 0 atom stereocenters. The number of Topliss-reactive ketones (excluding diaryl/α,β-unsaturated/α-hetero) is 1. The highest BCUT2D eigenvalue weighted by Gasteiger charge is 2.20. The number of hydrogen-bond acceptors (Lipinski definition) is 3. The number of hydrogen-bond donors (Lipinski definition) is 2. The highest BCUT2D eigenvalue weighted by molar-refractivity contribution is 6.45. The van der Waals surface area contributed by atoms with E-state index in [1.807, 2.05) is 25.1 Å². The van der Waals surface area contributed by atoms with Crippen LogP contribution >= 0.6 is 11.6 Å². The van der Waals surface area contributed by atoms with E-state index in [0.29, 0.717) is 16.3 Å². The summed E-state index contributed by atoms with van der Waals surface area (Å²) in [5, 5.41) is 3.98. The van der Waals surface area contributed by atoms with Gasteiger partial charge in [0.05, 0.1) is 12.1 Å². The second kappa shape index (κ2) is 8.06. The first-order valence-electron chi connectivity index (χ1n) is 8.40. The number of fused-ring (bicyclic) bond motifs is 1. The topological polar surface area (TPSA) is 71.2 Å². The molecule has 0 aliphatic rings. The maximum Gasteiger partial charge on any atom is 0.292 e.